The van der Waals surface area contributed by atoms with Gasteiger partial charge in [0.2, 0.25) is 0 Å². The second kappa shape index (κ2) is 4.49. The molecule has 0 fully saturated rings. The van der Waals surface area contributed by atoms with E-state index in [2.05, 4.69) is 15.4 Å². The molecule has 0 radical (unpaired) electrons. The molecule has 0 aliphatic rings. The van der Waals surface area contributed by atoms with Gasteiger partial charge in [-0.1, -0.05) is 5.21 Å². The van der Waals surface area contributed by atoms with Crippen molar-refractivity contribution >= 4 is 11.6 Å². The van der Waals surface area contributed by atoms with Gasteiger partial charge in [-0.3, -0.25) is 9.36 Å². The Morgan fingerprint density at radius 2 is 2.12 bits per heavy atom. The third-order valence-corrected chi connectivity index (χ3v) is 3.02. The van der Waals surface area contributed by atoms with Crippen LogP contribution in [0.3, 0.4) is 0 Å². The minimum Gasteiger partial charge on any atom is -0.263 e. The molecule has 0 bridgehead atoms. The first-order chi connectivity index (χ1) is 7.99. The Kier molecular flexibility index (Phi) is 3.19. The van der Waals surface area contributed by atoms with Crippen molar-refractivity contribution < 1.29 is 0 Å². The SMILES string of the molecule is Cc1nn(Cc2cn(C)nn2)c(C)c1C(C)Cl. The summed E-state index contributed by atoms with van der Waals surface area (Å²) in [6.45, 7) is 6.61. The minimum atomic E-state index is -0.0226. The number of aryl methyl sites for hydroxylation is 2. The summed E-state index contributed by atoms with van der Waals surface area (Å²) in [5, 5.41) is 12.4. The van der Waals surface area contributed by atoms with Gasteiger partial charge in [-0.05, 0) is 20.8 Å². The molecule has 0 amide bonds. The number of nitrogens with zero attached hydrogens (tertiary/aromatic N) is 5. The molecule has 92 valence electrons. The summed E-state index contributed by atoms with van der Waals surface area (Å²) < 4.78 is 3.61. The quantitative estimate of drug-likeness (QED) is 0.786. The van der Waals surface area contributed by atoms with Crippen LogP contribution in [0, 0.1) is 13.8 Å². The number of alkyl halides is 1. The monoisotopic (exact) mass is 253 g/mol. The Bertz CT molecular complexity index is 526. The summed E-state index contributed by atoms with van der Waals surface area (Å²) in [7, 11) is 1.85. The summed E-state index contributed by atoms with van der Waals surface area (Å²) in [4.78, 5) is 0. The van der Waals surface area contributed by atoms with Crippen LogP contribution in [-0.2, 0) is 13.6 Å². The van der Waals surface area contributed by atoms with E-state index in [-0.39, 0.29) is 5.38 Å². The van der Waals surface area contributed by atoms with Crippen LogP contribution >= 0.6 is 11.6 Å². The molecule has 0 saturated carbocycles. The van der Waals surface area contributed by atoms with Crippen molar-refractivity contribution in [2.24, 2.45) is 7.05 Å². The first kappa shape index (κ1) is 12.1. The van der Waals surface area contributed by atoms with E-state index < -0.39 is 0 Å². The van der Waals surface area contributed by atoms with E-state index in [1.165, 1.54) is 0 Å². The van der Waals surface area contributed by atoms with Gasteiger partial charge in [0.15, 0.2) is 0 Å². The first-order valence-corrected chi connectivity index (χ1v) is 5.96. The number of hydrogen-bond donors (Lipinski definition) is 0. The van der Waals surface area contributed by atoms with Crippen LogP contribution in [0.15, 0.2) is 6.20 Å². The third kappa shape index (κ3) is 2.34. The molecule has 2 rings (SSSR count). The second-order valence-electron chi connectivity index (χ2n) is 4.24. The van der Waals surface area contributed by atoms with Crippen LogP contribution in [0.4, 0.5) is 0 Å². The lowest BCUT2D eigenvalue weighted by Gasteiger charge is -2.04. The summed E-state index contributed by atoms with van der Waals surface area (Å²) in [5.41, 5.74) is 4.08. The molecular formula is C11H16ClN5. The Balaban J connectivity index is 2.31. The molecule has 0 aliphatic heterocycles. The molecule has 0 spiro atoms. The number of hydrogen-bond acceptors (Lipinski definition) is 3. The van der Waals surface area contributed by atoms with Gasteiger partial charge < -0.3 is 0 Å². The van der Waals surface area contributed by atoms with E-state index in [0.717, 1.165) is 22.6 Å². The molecule has 1 atom stereocenters. The van der Waals surface area contributed by atoms with Crippen LogP contribution in [-0.4, -0.2) is 24.8 Å². The number of rotatable bonds is 3. The zero-order chi connectivity index (χ0) is 12.6. The lowest BCUT2D eigenvalue weighted by Crippen LogP contribution is -2.04. The maximum absolute atomic E-state index is 6.15. The van der Waals surface area contributed by atoms with Crippen molar-refractivity contribution in [3.05, 3.63) is 28.8 Å². The molecule has 0 aliphatic carbocycles. The van der Waals surface area contributed by atoms with Crippen molar-refractivity contribution in [3.8, 4) is 0 Å². The average molecular weight is 254 g/mol. The van der Waals surface area contributed by atoms with Gasteiger partial charge in [0, 0.05) is 24.5 Å². The van der Waals surface area contributed by atoms with Crippen molar-refractivity contribution in [1.29, 1.82) is 0 Å². The van der Waals surface area contributed by atoms with E-state index in [0.29, 0.717) is 6.54 Å². The molecule has 1 unspecified atom stereocenters. The summed E-state index contributed by atoms with van der Waals surface area (Å²) in [6.07, 6.45) is 1.89. The third-order valence-electron chi connectivity index (χ3n) is 2.80. The van der Waals surface area contributed by atoms with E-state index in [1.807, 2.05) is 38.7 Å². The maximum Gasteiger partial charge on any atom is 0.104 e. The van der Waals surface area contributed by atoms with E-state index in [9.17, 15) is 0 Å². The van der Waals surface area contributed by atoms with Crippen molar-refractivity contribution in [2.45, 2.75) is 32.7 Å². The highest BCUT2D eigenvalue weighted by atomic mass is 35.5. The molecule has 2 aromatic heterocycles. The Morgan fingerprint density at radius 3 is 2.59 bits per heavy atom. The van der Waals surface area contributed by atoms with Crippen LogP contribution in [0.2, 0.25) is 0 Å². The summed E-state index contributed by atoms with van der Waals surface area (Å²) >= 11 is 6.15. The minimum absolute atomic E-state index is 0.0226. The van der Waals surface area contributed by atoms with Gasteiger partial charge in [0.05, 0.1) is 17.6 Å². The predicted molar refractivity (Wildman–Crippen MR) is 66.1 cm³/mol. The van der Waals surface area contributed by atoms with Gasteiger partial charge in [-0.25, -0.2) is 0 Å². The van der Waals surface area contributed by atoms with Crippen molar-refractivity contribution in [1.82, 2.24) is 24.8 Å². The Hall–Kier alpha value is -1.36. The van der Waals surface area contributed by atoms with Crippen molar-refractivity contribution in [2.75, 3.05) is 0 Å². The molecule has 6 heteroatoms. The highest BCUT2D eigenvalue weighted by Crippen LogP contribution is 2.26. The van der Waals surface area contributed by atoms with Crippen LogP contribution in [0.1, 0.15) is 34.9 Å². The molecule has 2 aromatic rings. The van der Waals surface area contributed by atoms with Gasteiger partial charge >= 0.3 is 0 Å². The van der Waals surface area contributed by atoms with Gasteiger partial charge in [-0.15, -0.1) is 16.7 Å². The maximum atomic E-state index is 6.15. The summed E-state index contributed by atoms with van der Waals surface area (Å²) in [5.74, 6) is 0. The van der Waals surface area contributed by atoms with E-state index >= 15 is 0 Å². The first-order valence-electron chi connectivity index (χ1n) is 5.52. The zero-order valence-electron chi connectivity index (χ0n) is 10.5. The molecular weight excluding hydrogens is 238 g/mol. The smallest absolute Gasteiger partial charge is 0.104 e. The Morgan fingerprint density at radius 1 is 1.41 bits per heavy atom. The zero-order valence-corrected chi connectivity index (χ0v) is 11.2. The molecule has 0 N–H and O–H groups in total. The van der Waals surface area contributed by atoms with Gasteiger partial charge in [-0.2, -0.15) is 5.10 Å². The number of halogens is 1. The van der Waals surface area contributed by atoms with Crippen LogP contribution in [0.25, 0.3) is 0 Å². The molecule has 0 aromatic carbocycles. The fraction of sp³-hybridized carbons (Fsp3) is 0.545. The molecule has 0 saturated heterocycles. The lowest BCUT2D eigenvalue weighted by molar-refractivity contribution is 0.643. The lowest BCUT2D eigenvalue weighted by atomic mass is 10.1. The van der Waals surface area contributed by atoms with E-state index in [4.69, 9.17) is 11.6 Å². The van der Waals surface area contributed by atoms with Gasteiger partial charge in [0.1, 0.15) is 5.69 Å². The predicted octanol–water partition coefficient (Wildman–Crippen LogP) is 1.98. The fourth-order valence-electron chi connectivity index (χ4n) is 2.06. The summed E-state index contributed by atoms with van der Waals surface area (Å²) in [6, 6.07) is 0. The second-order valence-corrected chi connectivity index (χ2v) is 4.90. The van der Waals surface area contributed by atoms with Gasteiger partial charge in [0.25, 0.3) is 0 Å². The van der Waals surface area contributed by atoms with Crippen LogP contribution < -0.4 is 0 Å². The van der Waals surface area contributed by atoms with Crippen molar-refractivity contribution in [3.63, 3.8) is 0 Å². The molecule has 5 nitrogen and oxygen atoms in total. The molecule has 17 heavy (non-hydrogen) atoms. The molecule has 2 heterocycles. The Labute approximate surface area is 105 Å². The number of aromatic nitrogens is 5. The normalized spacial score (nSPS) is 13.0. The standard InChI is InChI=1S/C11H16ClN5/c1-7(12)11-8(2)14-17(9(11)3)6-10-5-16(4)15-13-10/h5,7H,6H2,1-4H3. The van der Waals surface area contributed by atoms with Crippen LogP contribution in [0.5, 0.6) is 0 Å². The fourth-order valence-corrected chi connectivity index (χ4v) is 2.38. The topological polar surface area (TPSA) is 48.5 Å². The highest BCUT2D eigenvalue weighted by Gasteiger charge is 2.16. The largest absolute Gasteiger partial charge is 0.263 e. The highest BCUT2D eigenvalue weighted by molar-refractivity contribution is 6.20. The van der Waals surface area contributed by atoms with E-state index in [1.54, 1.807) is 4.68 Å². The average Bonchev–Trinajstić information content (AvgIpc) is 2.73.